The fourth-order valence-electron chi connectivity index (χ4n) is 2.15. The lowest BCUT2D eigenvalue weighted by atomic mass is 9.93. The van der Waals surface area contributed by atoms with Gasteiger partial charge in [0.2, 0.25) is 0 Å². The van der Waals surface area contributed by atoms with Gasteiger partial charge in [0.1, 0.15) is 0 Å². The number of rotatable bonds is 5. The normalized spacial score (nSPS) is 12.5. The first-order valence-electron chi connectivity index (χ1n) is 6.30. The number of aliphatic carboxylic acids is 1. The van der Waals surface area contributed by atoms with E-state index in [1.807, 2.05) is 30.3 Å². The number of aromatic nitrogens is 1. The van der Waals surface area contributed by atoms with Crippen molar-refractivity contribution in [2.24, 2.45) is 0 Å². The Morgan fingerprint density at radius 3 is 2.94 bits per heavy atom. The van der Waals surface area contributed by atoms with Crippen molar-refractivity contribution in [3.8, 4) is 0 Å². The third kappa shape index (κ3) is 2.67. The van der Waals surface area contributed by atoms with Gasteiger partial charge in [0.25, 0.3) is 0 Å². The zero-order valence-corrected chi connectivity index (χ0v) is 10.5. The molecule has 3 nitrogen and oxygen atoms in total. The van der Waals surface area contributed by atoms with Crippen LogP contribution in [0.3, 0.4) is 0 Å². The van der Waals surface area contributed by atoms with Gasteiger partial charge in [-0.25, -0.2) is 0 Å². The molecule has 1 atom stereocenters. The molecule has 0 aliphatic heterocycles. The fourth-order valence-corrected chi connectivity index (χ4v) is 2.15. The number of fused-ring (bicyclic) bond motifs is 1. The van der Waals surface area contributed by atoms with Crippen LogP contribution in [0.15, 0.2) is 36.5 Å². The Kier molecular flexibility index (Phi) is 3.92. The molecule has 2 rings (SSSR count). The number of carboxylic acids is 1. The molecule has 1 aromatic heterocycles. The van der Waals surface area contributed by atoms with E-state index in [-0.39, 0.29) is 0 Å². The van der Waals surface area contributed by atoms with Gasteiger partial charge in [-0.15, -0.1) is 0 Å². The van der Waals surface area contributed by atoms with Gasteiger partial charge in [0.15, 0.2) is 0 Å². The van der Waals surface area contributed by atoms with Crippen molar-refractivity contribution in [3.05, 3.63) is 42.1 Å². The quantitative estimate of drug-likeness (QED) is 0.873. The first-order chi connectivity index (χ1) is 8.72. The van der Waals surface area contributed by atoms with Crippen LogP contribution < -0.4 is 0 Å². The Labute approximate surface area is 106 Å². The van der Waals surface area contributed by atoms with Crippen molar-refractivity contribution in [2.45, 2.75) is 32.1 Å². The fraction of sp³-hybridized carbons (Fsp3) is 0.333. The highest BCUT2D eigenvalue weighted by Crippen LogP contribution is 2.25. The molecule has 0 bridgehead atoms. The average molecular weight is 243 g/mol. The van der Waals surface area contributed by atoms with Gasteiger partial charge in [-0.05, 0) is 30.2 Å². The maximum atomic E-state index is 11.3. The molecular formula is C15H17NO2. The summed E-state index contributed by atoms with van der Waals surface area (Å²) in [5.41, 5.74) is 1.78. The second kappa shape index (κ2) is 5.63. The predicted molar refractivity (Wildman–Crippen MR) is 71.6 cm³/mol. The second-order valence-corrected chi connectivity index (χ2v) is 4.49. The van der Waals surface area contributed by atoms with Gasteiger partial charge in [0.05, 0.1) is 11.4 Å². The van der Waals surface area contributed by atoms with Crippen molar-refractivity contribution in [1.29, 1.82) is 0 Å². The number of unbranched alkanes of at least 4 members (excludes halogenated alkanes) is 1. The molecule has 0 aliphatic carbocycles. The third-order valence-corrected chi connectivity index (χ3v) is 3.17. The molecule has 94 valence electrons. The van der Waals surface area contributed by atoms with E-state index in [0.717, 1.165) is 29.3 Å². The zero-order valence-electron chi connectivity index (χ0n) is 10.5. The van der Waals surface area contributed by atoms with E-state index in [2.05, 4.69) is 11.9 Å². The van der Waals surface area contributed by atoms with Crippen LogP contribution in [0, 0.1) is 0 Å². The highest BCUT2D eigenvalue weighted by atomic mass is 16.4. The van der Waals surface area contributed by atoms with E-state index >= 15 is 0 Å². The molecule has 0 radical (unpaired) electrons. The Morgan fingerprint density at radius 1 is 1.39 bits per heavy atom. The van der Waals surface area contributed by atoms with Gasteiger partial charge in [-0.1, -0.05) is 31.9 Å². The molecule has 1 unspecified atom stereocenters. The Balaban J connectivity index is 2.35. The monoisotopic (exact) mass is 243 g/mol. The van der Waals surface area contributed by atoms with Gasteiger partial charge < -0.3 is 5.11 Å². The highest BCUT2D eigenvalue weighted by molar-refractivity contribution is 5.82. The molecule has 0 aliphatic rings. The van der Waals surface area contributed by atoms with Crippen LogP contribution in [-0.2, 0) is 4.79 Å². The standard InChI is InChI=1S/C15H17NO2/c1-2-3-6-13(15(17)18)11-7-8-14-12(10-11)5-4-9-16-14/h4-5,7-10,13H,2-3,6H2,1H3,(H,17,18). The summed E-state index contributed by atoms with van der Waals surface area (Å²) in [4.78, 5) is 15.6. The lowest BCUT2D eigenvalue weighted by Gasteiger charge is -2.12. The molecule has 0 fully saturated rings. The molecular weight excluding hydrogens is 226 g/mol. The van der Waals surface area contributed by atoms with Crippen LogP contribution in [-0.4, -0.2) is 16.1 Å². The number of benzene rings is 1. The van der Waals surface area contributed by atoms with Crippen molar-refractivity contribution >= 4 is 16.9 Å². The second-order valence-electron chi connectivity index (χ2n) is 4.49. The third-order valence-electron chi connectivity index (χ3n) is 3.17. The minimum absolute atomic E-state index is 0.408. The zero-order chi connectivity index (χ0) is 13.0. The van der Waals surface area contributed by atoms with Gasteiger partial charge in [-0.2, -0.15) is 0 Å². The molecule has 0 saturated heterocycles. The molecule has 1 heterocycles. The lowest BCUT2D eigenvalue weighted by Crippen LogP contribution is -2.11. The maximum absolute atomic E-state index is 11.3. The summed E-state index contributed by atoms with van der Waals surface area (Å²) in [7, 11) is 0. The van der Waals surface area contributed by atoms with E-state index in [1.165, 1.54) is 0 Å². The van der Waals surface area contributed by atoms with E-state index in [0.29, 0.717) is 6.42 Å². The predicted octanol–water partition coefficient (Wildman–Crippen LogP) is 3.59. The lowest BCUT2D eigenvalue weighted by molar-refractivity contribution is -0.139. The van der Waals surface area contributed by atoms with Crippen LogP contribution >= 0.6 is 0 Å². The van der Waals surface area contributed by atoms with Crippen LogP contribution in [0.4, 0.5) is 0 Å². The van der Waals surface area contributed by atoms with Crippen LogP contribution in [0.5, 0.6) is 0 Å². The van der Waals surface area contributed by atoms with Crippen molar-refractivity contribution in [3.63, 3.8) is 0 Å². The Bertz CT molecular complexity index is 551. The van der Waals surface area contributed by atoms with E-state index in [4.69, 9.17) is 0 Å². The van der Waals surface area contributed by atoms with E-state index in [1.54, 1.807) is 6.20 Å². The van der Waals surface area contributed by atoms with E-state index < -0.39 is 11.9 Å². The smallest absolute Gasteiger partial charge is 0.310 e. The van der Waals surface area contributed by atoms with E-state index in [9.17, 15) is 9.90 Å². The molecule has 0 amide bonds. The number of hydrogen-bond acceptors (Lipinski definition) is 2. The topological polar surface area (TPSA) is 50.2 Å². The average Bonchev–Trinajstić information content (AvgIpc) is 2.38. The number of carboxylic acid groups (broad SMARTS) is 1. The largest absolute Gasteiger partial charge is 0.481 e. The van der Waals surface area contributed by atoms with Gasteiger partial charge in [0, 0.05) is 11.6 Å². The Morgan fingerprint density at radius 2 is 2.22 bits per heavy atom. The minimum Gasteiger partial charge on any atom is -0.481 e. The molecule has 1 aromatic carbocycles. The van der Waals surface area contributed by atoms with Crippen molar-refractivity contribution in [2.75, 3.05) is 0 Å². The first-order valence-corrected chi connectivity index (χ1v) is 6.30. The van der Waals surface area contributed by atoms with Crippen LogP contribution in [0.2, 0.25) is 0 Å². The summed E-state index contributed by atoms with van der Waals surface area (Å²) < 4.78 is 0. The molecule has 2 aromatic rings. The Hall–Kier alpha value is -1.90. The summed E-state index contributed by atoms with van der Waals surface area (Å²) in [6.45, 7) is 2.07. The first kappa shape index (κ1) is 12.6. The van der Waals surface area contributed by atoms with Crippen LogP contribution in [0.25, 0.3) is 10.9 Å². The number of pyridine rings is 1. The van der Waals surface area contributed by atoms with Crippen molar-refractivity contribution < 1.29 is 9.90 Å². The molecule has 0 spiro atoms. The van der Waals surface area contributed by atoms with Crippen LogP contribution in [0.1, 0.15) is 37.7 Å². The molecule has 0 saturated carbocycles. The summed E-state index contributed by atoms with van der Waals surface area (Å²) >= 11 is 0. The summed E-state index contributed by atoms with van der Waals surface area (Å²) in [6, 6.07) is 9.55. The van der Waals surface area contributed by atoms with Gasteiger partial charge >= 0.3 is 5.97 Å². The molecule has 1 N–H and O–H groups in total. The molecule has 18 heavy (non-hydrogen) atoms. The van der Waals surface area contributed by atoms with Gasteiger partial charge in [-0.3, -0.25) is 9.78 Å². The number of nitrogens with zero attached hydrogens (tertiary/aromatic N) is 1. The maximum Gasteiger partial charge on any atom is 0.310 e. The number of hydrogen-bond donors (Lipinski definition) is 1. The molecule has 3 heteroatoms. The summed E-state index contributed by atoms with van der Waals surface area (Å²) in [6.07, 6.45) is 4.38. The van der Waals surface area contributed by atoms with Crippen molar-refractivity contribution in [1.82, 2.24) is 4.98 Å². The summed E-state index contributed by atoms with van der Waals surface area (Å²) in [5, 5.41) is 10.3. The summed E-state index contributed by atoms with van der Waals surface area (Å²) in [5.74, 6) is -1.15. The minimum atomic E-state index is -0.744. The number of carbonyl (C=O) groups is 1. The highest BCUT2D eigenvalue weighted by Gasteiger charge is 2.19. The SMILES string of the molecule is CCCCC(C(=O)O)c1ccc2ncccc2c1.